The summed E-state index contributed by atoms with van der Waals surface area (Å²) >= 11 is 0. The van der Waals surface area contributed by atoms with Gasteiger partial charge in [-0.25, -0.2) is 19.6 Å². The Labute approximate surface area is 351 Å². The third kappa shape index (κ3) is 8.03. The Morgan fingerprint density at radius 1 is 0.600 bits per heavy atom. The number of hydrogen-bond donors (Lipinski definition) is 2. The summed E-state index contributed by atoms with van der Waals surface area (Å²) in [4.78, 5) is 65.9. The van der Waals surface area contributed by atoms with E-state index in [4.69, 9.17) is 19.4 Å². The number of methoxy groups -OCH3 is 2. The lowest BCUT2D eigenvalue weighted by Gasteiger charge is -2.30. The largest absolute Gasteiger partial charge is 0.453 e. The second-order valence-electron chi connectivity index (χ2n) is 17.5. The first kappa shape index (κ1) is 42.2. The van der Waals surface area contributed by atoms with Crippen molar-refractivity contribution in [3.05, 3.63) is 72.3 Å². The van der Waals surface area contributed by atoms with Gasteiger partial charge in [0.05, 0.1) is 48.4 Å². The van der Waals surface area contributed by atoms with E-state index in [0.29, 0.717) is 13.1 Å². The van der Waals surface area contributed by atoms with Gasteiger partial charge in [0, 0.05) is 27.2 Å². The second-order valence-corrected chi connectivity index (χ2v) is 17.5. The molecule has 0 saturated carbocycles. The normalized spacial score (nSPS) is 20.3. The van der Waals surface area contributed by atoms with E-state index >= 15 is 0 Å². The quantitative estimate of drug-likeness (QED) is 0.148. The van der Waals surface area contributed by atoms with Crippen LogP contribution in [0.2, 0.25) is 0 Å². The van der Waals surface area contributed by atoms with Gasteiger partial charge in [0.1, 0.15) is 23.7 Å². The van der Waals surface area contributed by atoms with E-state index in [1.165, 1.54) is 14.2 Å². The highest BCUT2D eigenvalue weighted by molar-refractivity contribution is 5.89. The maximum atomic E-state index is 13.9. The SMILES string of the molecule is COC(=O)N[C@H](C(=O)N1C[C@@H](C)C[C@H]1c1nc2ccc(-c3ccc(-c4ccc5nc([C@@H]6C[C@H](C)CN6C(=O)[C@@H](NC(=O)OC)C(C)C)n(C)c5c4)cc3)cc2n1C)C(C)C. The van der Waals surface area contributed by atoms with Gasteiger partial charge in [0.2, 0.25) is 11.8 Å². The number of amides is 4. The predicted molar refractivity (Wildman–Crippen MR) is 231 cm³/mol. The van der Waals surface area contributed by atoms with Crippen LogP contribution in [-0.2, 0) is 33.2 Å². The van der Waals surface area contributed by atoms with Gasteiger partial charge in [-0.15, -0.1) is 0 Å². The number of carbonyl (C=O) groups excluding carboxylic acids is 4. The van der Waals surface area contributed by atoms with Crippen molar-refractivity contribution in [3.63, 3.8) is 0 Å². The Morgan fingerprint density at radius 3 is 1.28 bits per heavy atom. The molecule has 0 unspecified atom stereocenters. The van der Waals surface area contributed by atoms with E-state index in [2.05, 4.69) is 82.1 Å². The molecular weight excluding hydrogens is 761 g/mol. The lowest BCUT2D eigenvalue weighted by atomic mass is 10.00. The predicted octanol–water partition coefficient (Wildman–Crippen LogP) is 7.37. The number of nitrogens with one attached hydrogen (secondary N) is 2. The molecule has 2 N–H and O–H groups in total. The summed E-state index contributed by atoms with van der Waals surface area (Å²) in [6.45, 7) is 13.1. The van der Waals surface area contributed by atoms with Gasteiger partial charge in [-0.3, -0.25) is 9.59 Å². The lowest BCUT2D eigenvalue weighted by Crippen LogP contribution is -2.51. The summed E-state index contributed by atoms with van der Waals surface area (Å²) in [5.41, 5.74) is 7.89. The highest BCUT2D eigenvalue weighted by atomic mass is 16.5. The molecule has 14 heteroatoms. The maximum absolute atomic E-state index is 13.9. The molecule has 6 atom stereocenters. The molecule has 3 aromatic carbocycles. The van der Waals surface area contributed by atoms with Gasteiger partial charge < -0.3 is 39.0 Å². The summed E-state index contributed by atoms with van der Waals surface area (Å²) < 4.78 is 13.8. The molecule has 60 heavy (non-hydrogen) atoms. The number of aryl methyl sites for hydroxylation is 2. The lowest BCUT2D eigenvalue weighted by molar-refractivity contribution is -0.136. The van der Waals surface area contributed by atoms with Gasteiger partial charge in [0.15, 0.2) is 0 Å². The van der Waals surface area contributed by atoms with Crippen molar-refractivity contribution < 1.29 is 28.7 Å². The third-order valence-electron chi connectivity index (χ3n) is 12.3. The summed E-state index contributed by atoms with van der Waals surface area (Å²) in [6.07, 6.45) is 0.309. The number of fused-ring (bicyclic) bond motifs is 2. The number of likely N-dealkylation sites (tertiary alicyclic amines) is 2. The number of imidazole rings is 2. The Bertz CT molecular complexity index is 2250. The molecule has 318 valence electrons. The molecule has 4 amide bonds. The molecule has 2 aliphatic heterocycles. The van der Waals surface area contributed by atoms with Crippen LogP contribution < -0.4 is 10.6 Å². The highest BCUT2D eigenvalue weighted by Crippen LogP contribution is 2.39. The Morgan fingerprint density at radius 2 is 0.950 bits per heavy atom. The number of hydrogen-bond acceptors (Lipinski definition) is 8. The highest BCUT2D eigenvalue weighted by Gasteiger charge is 2.42. The van der Waals surface area contributed by atoms with E-state index in [9.17, 15) is 19.2 Å². The van der Waals surface area contributed by atoms with Crippen LogP contribution in [0.1, 0.15) is 78.1 Å². The number of alkyl carbamates (subject to hydrolysis) is 2. The van der Waals surface area contributed by atoms with Crippen LogP contribution in [0.15, 0.2) is 60.7 Å². The first-order valence-corrected chi connectivity index (χ1v) is 20.9. The van der Waals surface area contributed by atoms with Crippen molar-refractivity contribution in [2.45, 2.75) is 78.6 Å². The van der Waals surface area contributed by atoms with Crippen LogP contribution in [-0.4, -0.2) is 92.3 Å². The van der Waals surface area contributed by atoms with Gasteiger partial charge in [-0.1, -0.05) is 77.9 Å². The van der Waals surface area contributed by atoms with Gasteiger partial charge in [-0.2, -0.15) is 0 Å². The topological polar surface area (TPSA) is 153 Å². The fourth-order valence-electron chi connectivity index (χ4n) is 9.05. The zero-order chi connectivity index (χ0) is 43.2. The first-order chi connectivity index (χ1) is 28.6. The number of ether oxygens (including phenoxy) is 2. The van der Waals surface area contributed by atoms with Gasteiger partial charge in [-0.05, 0) is 83.0 Å². The third-order valence-corrected chi connectivity index (χ3v) is 12.3. The molecule has 0 aliphatic carbocycles. The fraction of sp³-hybridized carbons (Fsp3) is 0.478. The van der Waals surface area contributed by atoms with Crippen molar-refractivity contribution >= 4 is 46.1 Å². The molecular formula is C46H58N8O6. The van der Waals surface area contributed by atoms with Crippen molar-refractivity contribution in [2.75, 3.05) is 27.3 Å². The summed E-state index contributed by atoms with van der Waals surface area (Å²) in [5, 5.41) is 5.48. The summed E-state index contributed by atoms with van der Waals surface area (Å²) in [5.74, 6) is 1.69. The average Bonchev–Trinajstić information content (AvgIpc) is 4.00. The van der Waals surface area contributed by atoms with Crippen LogP contribution in [0.5, 0.6) is 0 Å². The molecule has 4 heterocycles. The minimum absolute atomic E-state index is 0.119. The molecule has 0 spiro atoms. The summed E-state index contributed by atoms with van der Waals surface area (Å²) in [6, 6.07) is 19.2. The van der Waals surface area contributed by atoms with Crippen molar-refractivity contribution in [2.24, 2.45) is 37.8 Å². The van der Waals surface area contributed by atoms with Gasteiger partial charge >= 0.3 is 12.2 Å². The van der Waals surface area contributed by atoms with E-state index in [-0.39, 0.29) is 47.6 Å². The standard InChI is InChI=1S/C46H58N8O6/c1-25(2)39(49-45(57)59-9)43(55)53-23-27(5)19-37(53)41-47-33-17-15-31(21-35(33)51(41)7)29-11-13-30(14-12-29)32-16-18-34-36(22-32)52(8)42(48-34)38-20-28(6)24-54(38)44(56)40(26(3)4)50-46(58)60-10/h11-18,21-22,25-28,37-40H,19-20,23-24H2,1-10H3,(H,49,57)(H,50,58)/t27-,28-,37-,38-,39-,40-/m0/s1. The monoisotopic (exact) mass is 818 g/mol. The maximum Gasteiger partial charge on any atom is 0.407 e. The number of aromatic nitrogens is 4. The summed E-state index contributed by atoms with van der Waals surface area (Å²) in [7, 11) is 6.61. The fourth-order valence-corrected chi connectivity index (χ4v) is 9.05. The zero-order valence-corrected chi connectivity index (χ0v) is 36.4. The van der Waals surface area contributed by atoms with Crippen molar-refractivity contribution in [1.29, 1.82) is 0 Å². The van der Waals surface area contributed by atoms with Gasteiger partial charge in [0.25, 0.3) is 0 Å². The molecule has 7 rings (SSSR count). The Hall–Kier alpha value is -5.92. The number of nitrogens with zero attached hydrogens (tertiary/aromatic N) is 6. The minimum atomic E-state index is -0.705. The molecule has 5 aromatic rings. The minimum Gasteiger partial charge on any atom is -0.453 e. The Kier molecular flexibility index (Phi) is 11.9. The zero-order valence-electron chi connectivity index (χ0n) is 36.4. The number of carbonyl (C=O) groups is 4. The average molecular weight is 819 g/mol. The molecule has 2 saturated heterocycles. The Balaban J connectivity index is 1.12. The van der Waals surface area contributed by atoms with E-state index in [0.717, 1.165) is 68.8 Å². The van der Waals surface area contributed by atoms with E-state index < -0.39 is 24.3 Å². The first-order valence-electron chi connectivity index (χ1n) is 20.9. The van der Waals surface area contributed by atoms with Crippen molar-refractivity contribution in [1.82, 2.24) is 39.5 Å². The number of benzene rings is 3. The van der Waals surface area contributed by atoms with Crippen LogP contribution in [0, 0.1) is 23.7 Å². The molecule has 2 aliphatic rings. The van der Waals surface area contributed by atoms with Crippen molar-refractivity contribution in [3.8, 4) is 22.3 Å². The van der Waals surface area contributed by atoms with Crippen LogP contribution in [0.3, 0.4) is 0 Å². The molecule has 2 fully saturated rings. The smallest absolute Gasteiger partial charge is 0.407 e. The molecule has 2 aromatic heterocycles. The van der Waals surface area contributed by atoms with E-state index in [1.54, 1.807) is 0 Å². The van der Waals surface area contributed by atoms with Crippen LogP contribution in [0.25, 0.3) is 44.3 Å². The molecule has 0 radical (unpaired) electrons. The van der Waals surface area contributed by atoms with Crippen LogP contribution >= 0.6 is 0 Å². The van der Waals surface area contributed by atoms with E-state index in [1.807, 2.05) is 63.7 Å². The number of rotatable bonds is 10. The van der Waals surface area contributed by atoms with Crippen LogP contribution in [0.4, 0.5) is 9.59 Å². The second kappa shape index (κ2) is 17.0. The molecule has 0 bridgehead atoms. The molecule has 14 nitrogen and oxygen atoms in total.